The molecule has 1 atom stereocenters. The summed E-state index contributed by atoms with van der Waals surface area (Å²) in [6, 6.07) is 15.0. The monoisotopic (exact) mass is 495 g/mol. The zero-order chi connectivity index (χ0) is 22.4. The summed E-state index contributed by atoms with van der Waals surface area (Å²) in [6.07, 6.45) is 10.3. The average Bonchev–Trinajstić information content (AvgIpc) is 2.80. The standard InChI is InChI=1S/C25H32Cl2NO3P/c26-19-16-17-23(24(27)18-19)25(28-20-10-4-1-5-11-20)32(29,30-21-12-6-2-7-13-21)31-22-14-8-3-9-15-22/h1,4-5,10-11,16-18,21-22,25,28H,2-3,6-9,12-15H2. The lowest BCUT2D eigenvalue weighted by Gasteiger charge is -2.36. The average molecular weight is 496 g/mol. The van der Waals surface area contributed by atoms with Crippen molar-refractivity contribution in [1.29, 1.82) is 0 Å². The molecule has 0 spiro atoms. The number of halogens is 2. The summed E-state index contributed by atoms with van der Waals surface area (Å²) < 4.78 is 27.6. The first kappa shape index (κ1) is 24.1. The number of anilines is 1. The Morgan fingerprint density at radius 3 is 1.91 bits per heavy atom. The van der Waals surface area contributed by atoms with Gasteiger partial charge in [0.05, 0.1) is 12.2 Å². The fourth-order valence-electron chi connectivity index (χ4n) is 4.65. The van der Waals surface area contributed by atoms with Crippen molar-refractivity contribution in [2.24, 2.45) is 0 Å². The van der Waals surface area contributed by atoms with Gasteiger partial charge < -0.3 is 14.4 Å². The van der Waals surface area contributed by atoms with Gasteiger partial charge in [-0.3, -0.25) is 4.57 Å². The van der Waals surface area contributed by atoms with Crippen molar-refractivity contribution in [1.82, 2.24) is 0 Å². The maximum Gasteiger partial charge on any atom is 0.357 e. The van der Waals surface area contributed by atoms with Crippen LogP contribution in [-0.2, 0) is 13.6 Å². The lowest BCUT2D eigenvalue weighted by molar-refractivity contribution is 0.0758. The lowest BCUT2D eigenvalue weighted by atomic mass is 9.98. The highest BCUT2D eigenvalue weighted by Crippen LogP contribution is 2.64. The van der Waals surface area contributed by atoms with Gasteiger partial charge in [0, 0.05) is 21.3 Å². The summed E-state index contributed by atoms with van der Waals surface area (Å²) >= 11 is 12.8. The Morgan fingerprint density at radius 2 is 1.38 bits per heavy atom. The van der Waals surface area contributed by atoms with E-state index >= 15 is 0 Å². The van der Waals surface area contributed by atoms with Gasteiger partial charge in [-0.1, -0.05) is 86.0 Å². The highest BCUT2D eigenvalue weighted by atomic mass is 35.5. The first-order chi connectivity index (χ1) is 15.5. The second-order valence-electron chi connectivity index (χ2n) is 8.85. The summed E-state index contributed by atoms with van der Waals surface area (Å²) in [5.41, 5.74) is 1.51. The van der Waals surface area contributed by atoms with Crippen LogP contribution < -0.4 is 5.32 Å². The van der Waals surface area contributed by atoms with Crippen LogP contribution in [0.2, 0.25) is 10.0 Å². The van der Waals surface area contributed by atoms with Gasteiger partial charge in [0.2, 0.25) is 0 Å². The molecule has 2 saturated carbocycles. The molecule has 2 aliphatic rings. The summed E-state index contributed by atoms with van der Waals surface area (Å²) in [4.78, 5) is 0. The topological polar surface area (TPSA) is 47.6 Å². The number of hydrogen-bond donors (Lipinski definition) is 1. The minimum absolute atomic E-state index is 0.0654. The third-order valence-electron chi connectivity index (χ3n) is 6.35. The van der Waals surface area contributed by atoms with Crippen molar-refractivity contribution in [3.63, 3.8) is 0 Å². The van der Waals surface area contributed by atoms with E-state index in [1.54, 1.807) is 12.1 Å². The first-order valence-corrected chi connectivity index (χ1v) is 14.1. The van der Waals surface area contributed by atoms with Crippen molar-refractivity contribution < 1.29 is 13.6 Å². The molecule has 2 aromatic carbocycles. The van der Waals surface area contributed by atoms with Crippen molar-refractivity contribution in [2.45, 2.75) is 82.2 Å². The molecular weight excluding hydrogens is 464 g/mol. The van der Waals surface area contributed by atoms with E-state index in [9.17, 15) is 4.57 Å². The Kier molecular flexibility index (Phi) is 8.59. The Balaban J connectivity index is 1.71. The molecule has 32 heavy (non-hydrogen) atoms. The number of nitrogens with one attached hydrogen (secondary N) is 1. The number of para-hydroxylation sites is 1. The largest absolute Gasteiger partial charge is 0.368 e. The summed E-state index contributed by atoms with van der Waals surface area (Å²) in [6.45, 7) is 0. The molecule has 0 saturated heterocycles. The minimum Gasteiger partial charge on any atom is -0.368 e. The van der Waals surface area contributed by atoms with E-state index in [1.807, 2.05) is 36.4 Å². The predicted molar refractivity (Wildman–Crippen MR) is 133 cm³/mol. The molecule has 0 aromatic heterocycles. The van der Waals surface area contributed by atoms with E-state index in [2.05, 4.69) is 5.32 Å². The highest BCUT2D eigenvalue weighted by molar-refractivity contribution is 7.54. The molecule has 174 valence electrons. The normalized spacial score (nSPS) is 19.6. The van der Waals surface area contributed by atoms with Gasteiger partial charge in [-0.25, -0.2) is 0 Å². The van der Waals surface area contributed by atoms with Crippen LogP contribution in [0.3, 0.4) is 0 Å². The smallest absolute Gasteiger partial charge is 0.357 e. The van der Waals surface area contributed by atoms with Gasteiger partial charge >= 0.3 is 7.60 Å². The second kappa shape index (κ2) is 11.4. The van der Waals surface area contributed by atoms with Crippen LogP contribution in [0.1, 0.15) is 75.6 Å². The van der Waals surface area contributed by atoms with Crippen LogP contribution in [0.25, 0.3) is 0 Å². The predicted octanol–water partition coefficient (Wildman–Crippen LogP) is 9.00. The van der Waals surface area contributed by atoms with Crippen molar-refractivity contribution in [3.05, 3.63) is 64.1 Å². The molecular formula is C25H32Cl2NO3P. The Morgan fingerprint density at radius 1 is 0.812 bits per heavy atom. The summed E-state index contributed by atoms with van der Waals surface area (Å²) in [5.74, 6) is -0.724. The zero-order valence-corrected chi connectivity index (χ0v) is 20.8. The van der Waals surface area contributed by atoms with E-state index < -0.39 is 13.4 Å². The molecule has 0 aliphatic heterocycles. The van der Waals surface area contributed by atoms with E-state index in [1.165, 1.54) is 12.8 Å². The Labute approximate surface area is 201 Å². The summed E-state index contributed by atoms with van der Waals surface area (Å²) in [7, 11) is -3.63. The fourth-order valence-corrected chi connectivity index (χ4v) is 7.66. The maximum absolute atomic E-state index is 14.7. The molecule has 7 heteroatoms. The van der Waals surface area contributed by atoms with Crippen LogP contribution in [0.5, 0.6) is 0 Å². The van der Waals surface area contributed by atoms with Crippen LogP contribution in [0.15, 0.2) is 48.5 Å². The number of benzene rings is 2. The highest BCUT2D eigenvalue weighted by Gasteiger charge is 2.43. The molecule has 0 radical (unpaired) electrons. The third kappa shape index (κ3) is 6.30. The van der Waals surface area contributed by atoms with Crippen LogP contribution in [0.4, 0.5) is 5.69 Å². The van der Waals surface area contributed by atoms with Gasteiger partial charge in [-0.15, -0.1) is 0 Å². The van der Waals surface area contributed by atoms with Gasteiger partial charge in [-0.2, -0.15) is 0 Å². The van der Waals surface area contributed by atoms with E-state index in [0.29, 0.717) is 15.6 Å². The molecule has 4 rings (SSSR count). The van der Waals surface area contributed by atoms with Crippen LogP contribution in [0, 0.1) is 0 Å². The third-order valence-corrected chi connectivity index (χ3v) is 9.13. The Hall–Kier alpha value is -1.03. The molecule has 1 N–H and O–H groups in total. The van der Waals surface area contributed by atoms with Crippen LogP contribution >= 0.6 is 30.8 Å². The van der Waals surface area contributed by atoms with Crippen molar-refractivity contribution in [3.8, 4) is 0 Å². The molecule has 4 nitrogen and oxygen atoms in total. The van der Waals surface area contributed by atoms with Crippen molar-refractivity contribution >= 4 is 36.5 Å². The maximum atomic E-state index is 14.7. The molecule has 0 heterocycles. The molecule has 2 fully saturated rings. The number of rotatable bonds is 8. The Bertz CT molecular complexity index is 891. The summed E-state index contributed by atoms with van der Waals surface area (Å²) in [5, 5.41) is 4.42. The number of hydrogen-bond acceptors (Lipinski definition) is 4. The van der Waals surface area contributed by atoms with E-state index in [-0.39, 0.29) is 12.2 Å². The second-order valence-corrected chi connectivity index (χ2v) is 11.7. The molecule has 2 aromatic rings. The molecule has 2 aliphatic carbocycles. The first-order valence-electron chi connectivity index (χ1n) is 11.8. The molecule has 1 unspecified atom stereocenters. The lowest BCUT2D eigenvalue weighted by Crippen LogP contribution is -2.25. The minimum atomic E-state index is -3.63. The van der Waals surface area contributed by atoms with Gasteiger partial charge in [0.15, 0.2) is 5.78 Å². The van der Waals surface area contributed by atoms with Gasteiger partial charge in [-0.05, 0) is 49.9 Å². The van der Waals surface area contributed by atoms with Crippen molar-refractivity contribution in [2.75, 3.05) is 5.32 Å². The quantitative estimate of drug-likeness (QED) is 0.371. The van der Waals surface area contributed by atoms with E-state index in [4.69, 9.17) is 32.2 Å². The fraction of sp³-hybridized carbons (Fsp3) is 0.520. The van der Waals surface area contributed by atoms with Crippen LogP contribution in [-0.4, -0.2) is 12.2 Å². The van der Waals surface area contributed by atoms with E-state index in [0.717, 1.165) is 57.1 Å². The molecule has 0 bridgehead atoms. The zero-order valence-electron chi connectivity index (χ0n) is 18.3. The SMILES string of the molecule is O=P(OC1CCCCC1)(OC1CCCCC1)C(Nc1ccccc1)c1ccc(Cl)cc1Cl. The molecule has 0 amide bonds. The van der Waals surface area contributed by atoms with Gasteiger partial charge in [0.1, 0.15) is 0 Å². The van der Waals surface area contributed by atoms with Gasteiger partial charge in [0.25, 0.3) is 0 Å².